The van der Waals surface area contributed by atoms with Gasteiger partial charge in [0.25, 0.3) is 0 Å². The molecule has 0 aliphatic rings. The van der Waals surface area contributed by atoms with E-state index in [1.165, 1.54) is 0 Å². The van der Waals surface area contributed by atoms with Gasteiger partial charge in [0.15, 0.2) is 5.96 Å². The molecule has 8 heteroatoms. The summed E-state index contributed by atoms with van der Waals surface area (Å²) in [6.07, 6.45) is 0. The smallest absolute Gasteiger partial charge is 0.243 e. The van der Waals surface area contributed by atoms with Gasteiger partial charge in [-0.15, -0.1) is 24.0 Å². The maximum atomic E-state index is 12.1. The number of nitrogens with one attached hydrogen (secondary N) is 3. The van der Waals surface area contributed by atoms with Crippen LogP contribution in [0.2, 0.25) is 5.02 Å². The third kappa shape index (κ3) is 7.51. The van der Waals surface area contributed by atoms with Gasteiger partial charge in [0.1, 0.15) is 0 Å². The van der Waals surface area contributed by atoms with E-state index in [0.717, 1.165) is 21.3 Å². The third-order valence-electron chi connectivity index (χ3n) is 3.49. The van der Waals surface area contributed by atoms with Gasteiger partial charge < -0.3 is 16.0 Å². The van der Waals surface area contributed by atoms with Crippen molar-refractivity contribution in [2.75, 3.05) is 18.9 Å². The van der Waals surface area contributed by atoms with Crippen molar-refractivity contribution in [2.24, 2.45) is 4.99 Å². The predicted octanol–water partition coefficient (Wildman–Crippen LogP) is 4.33. The fourth-order valence-corrected chi connectivity index (χ4v) is 2.58. The average molecular weight is 552 g/mol. The van der Waals surface area contributed by atoms with Crippen molar-refractivity contribution in [3.05, 3.63) is 63.1 Å². The highest BCUT2D eigenvalue weighted by molar-refractivity contribution is 14.0. The van der Waals surface area contributed by atoms with Gasteiger partial charge in [0, 0.05) is 28.8 Å². The number of aryl methyl sites for hydroxylation is 1. The molecule has 2 aromatic rings. The van der Waals surface area contributed by atoms with Crippen LogP contribution in [0.4, 0.5) is 5.69 Å². The quantitative estimate of drug-likeness (QED) is 0.295. The number of carbonyl (C=O) groups is 1. The SMILES string of the molecule is CN=C(NCC(=O)Nc1cc(Br)ccc1C)NCc1ccc(Cl)cc1.I. The number of rotatable bonds is 5. The van der Waals surface area contributed by atoms with Crippen LogP contribution < -0.4 is 16.0 Å². The van der Waals surface area contributed by atoms with Crippen LogP contribution in [0.3, 0.4) is 0 Å². The van der Waals surface area contributed by atoms with Crippen molar-refractivity contribution in [1.82, 2.24) is 10.6 Å². The van der Waals surface area contributed by atoms with E-state index in [9.17, 15) is 4.79 Å². The number of carbonyl (C=O) groups excluding carboxylic acids is 1. The second-order valence-corrected chi connectivity index (χ2v) is 6.77. The second kappa shape index (κ2) is 11.4. The number of hydrogen-bond donors (Lipinski definition) is 3. The first-order valence-electron chi connectivity index (χ1n) is 7.73. The number of anilines is 1. The number of aliphatic imine (C=N–C) groups is 1. The lowest BCUT2D eigenvalue weighted by atomic mass is 10.2. The van der Waals surface area contributed by atoms with Gasteiger partial charge in [-0.05, 0) is 42.3 Å². The molecule has 0 bridgehead atoms. The first-order chi connectivity index (χ1) is 12.0. The van der Waals surface area contributed by atoms with Crippen molar-refractivity contribution < 1.29 is 4.79 Å². The van der Waals surface area contributed by atoms with Gasteiger partial charge in [-0.2, -0.15) is 0 Å². The van der Waals surface area contributed by atoms with Crippen molar-refractivity contribution >= 4 is 69.1 Å². The summed E-state index contributed by atoms with van der Waals surface area (Å²) in [5.74, 6) is 0.409. The summed E-state index contributed by atoms with van der Waals surface area (Å²) in [5, 5.41) is 9.73. The molecule has 26 heavy (non-hydrogen) atoms. The van der Waals surface area contributed by atoms with Crippen LogP contribution in [0.25, 0.3) is 0 Å². The van der Waals surface area contributed by atoms with Crippen molar-refractivity contribution in [3.8, 4) is 0 Å². The molecule has 140 valence electrons. The summed E-state index contributed by atoms with van der Waals surface area (Å²) in [5.41, 5.74) is 2.86. The van der Waals surface area contributed by atoms with E-state index in [4.69, 9.17) is 11.6 Å². The number of amides is 1. The number of hydrogen-bond acceptors (Lipinski definition) is 2. The van der Waals surface area contributed by atoms with Gasteiger partial charge in [-0.1, -0.05) is 45.7 Å². The van der Waals surface area contributed by atoms with Crippen LogP contribution in [0.1, 0.15) is 11.1 Å². The Morgan fingerprint density at radius 3 is 2.50 bits per heavy atom. The summed E-state index contributed by atoms with van der Waals surface area (Å²) in [7, 11) is 1.66. The van der Waals surface area contributed by atoms with Gasteiger partial charge in [-0.3, -0.25) is 9.79 Å². The molecule has 0 aromatic heterocycles. The van der Waals surface area contributed by atoms with Crippen LogP contribution in [-0.4, -0.2) is 25.5 Å². The molecule has 1 amide bonds. The molecule has 0 saturated heterocycles. The molecule has 2 rings (SSSR count). The Balaban J connectivity index is 0.00000338. The molecule has 0 fully saturated rings. The molecule has 0 heterocycles. The molecule has 0 aliphatic heterocycles. The van der Waals surface area contributed by atoms with Gasteiger partial charge in [-0.25, -0.2) is 0 Å². The minimum absolute atomic E-state index is 0. The molecule has 3 N–H and O–H groups in total. The predicted molar refractivity (Wildman–Crippen MR) is 123 cm³/mol. The summed E-state index contributed by atoms with van der Waals surface area (Å²) in [6.45, 7) is 2.65. The van der Waals surface area contributed by atoms with E-state index in [1.807, 2.05) is 49.4 Å². The fraction of sp³-hybridized carbons (Fsp3) is 0.222. The highest BCUT2D eigenvalue weighted by Crippen LogP contribution is 2.20. The topological polar surface area (TPSA) is 65.5 Å². The lowest BCUT2D eigenvalue weighted by molar-refractivity contribution is -0.115. The van der Waals surface area contributed by atoms with E-state index in [0.29, 0.717) is 17.5 Å². The zero-order chi connectivity index (χ0) is 18.2. The van der Waals surface area contributed by atoms with E-state index in [1.54, 1.807) is 7.05 Å². The van der Waals surface area contributed by atoms with Crippen LogP contribution >= 0.6 is 51.5 Å². The minimum atomic E-state index is -0.143. The van der Waals surface area contributed by atoms with Crippen LogP contribution in [0, 0.1) is 6.92 Å². The lowest BCUT2D eigenvalue weighted by Crippen LogP contribution is -2.41. The number of halogens is 3. The van der Waals surface area contributed by atoms with Crippen molar-refractivity contribution in [3.63, 3.8) is 0 Å². The maximum absolute atomic E-state index is 12.1. The lowest BCUT2D eigenvalue weighted by Gasteiger charge is -2.13. The molecular weight excluding hydrogens is 530 g/mol. The molecule has 2 aromatic carbocycles. The Kier molecular flexibility index (Phi) is 9.97. The molecule has 0 saturated carbocycles. The highest BCUT2D eigenvalue weighted by Gasteiger charge is 2.07. The monoisotopic (exact) mass is 550 g/mol. The number of guanidine groups is 1. The normalized spacial score (nSPS) is 10.7. The van der Waals surface area contributed by atoms with Crippen molar-refractivity contribution in [1.29, 1.82) is 0 Å². The Hall–Kier alpha value is -1.32. The van der Waals surface area contributed by atoms with E-state index in [-0.39, 0.29) is 36.4 Å². The summed E-state index contributed by atoms with van der Waals surface area (Å²) in [4.78, 5) is 16.2. The second-order valence-electron chi connectivity index (χ2n) is 5.41. The summed E-state index contributed by atoms with van der Waals surface area (Å²) >= 11 is 9.27. The van der Waals surface area contributed by atoms with E-state index >= 15 is 0 Å². The number of benzene rings is 2. The number of nitrogens with zero attached hydrogens (tertiary/aromatic N) is 1. The van der Waals surface area contributed by atoms with E-state index < -0.39 is 0 Å². The molecular formula is C18H21BrClIN4O. The first-order valence-corrected chi connectivity index (χ1v) is 8.90. The molecule has 5 nitrogen and oxygen atoms in total. The van der Waals surface area contributed by atoms with Crippen LogP contribution in [0.5, 0.6) is 0 Å². The summed E-state index contributed by atoms with van der Waals surface area (Å²) in [6, 6.07) is 13.3. The third-order valence-corrected chi connectivity index (χ3v) is 4.23. The van der Waals surface area contributed by atoms with Gasteiger partial charge >= 0.3 is 0 Å². The highest BCUT2D eigenvalue weighted by atomic mass is 127. The Morgan fingerprint density at radius 2 is 1.85 bits per heavy atom. The standard InChI is InChI=1S/C18H20BrClN4O.HI/c1-12-3-6-14(19)9-16(12)24-17(25)11-23-18(21-2)22-10-13-4-7-15(20)8-5-13;/h3-9H,10-11H2,1-2H3,(H,24,25)(H2,21,22,23);1H. The molecule has 0 unspecified atom stereocenters. The molecule has 0 radical (unpaired) electrons. The van der Waals surface area contributed by atoms with Crippen LogP contribution in [-0.2, 0) is 11.3 Å². The summed E-state index contributed by atoms with van der Waals surface area (Å²) < 4.78 is 0.918. The maximum Gasteiger partial charge on any atom is 0.243 e. The zero-order valence-electron chi connectivity index (χ0n) is 14.5. The Morgan fingerprint density at radius 1 is 1.15 bits per heavy atom. The fourth-order valence-electron chi connectivity index (χ4n) is 2.10. The largest absolute Gasteiger partial charge is 0.352 e. The molecule has 0 atom stereocenters. The Labute approximate surface area is 184 Å². The van der Waals surface area contributed by atoms with E-state index in [2.05, 4.69) is 36.9 Å². The first kappa shape index (κ1) is 22.7. The van der Waals surface area contributed by atoms with Gasteiger partial charge in [0.2, 0.25) is 5.91 Å². The zero-order valence-corrected chi connectivity index (χ0v) is 19.1. The molecule has 0 spiro atoms. The van der Waals surface area contributed by atoms with Crippen LogP contribution in [0.15, 0.2) is 51.9 Å². The minimum Gasteiger partial charge on any atom is -0.352 e. The Bertz CT molecular complexity index is 768. The average Bonchev–Trinajstić information content (AvgIpc) is 2.60. The van der Waals surface area contributed by atoms with Crippen molar-refractivity contribution in [2.45, 2.75) is 13.5 Å². The van der Waals surface area contributed by atoms with Gasteiger partial charge in [0.05, 0.1) is 6.54 Å². The molecule has 0 aliphatic carbocycles.